The molecule has 0 spiro atoms. The zero-order valence-electron chi connectivity index (χ0n) is 21.9. The van der Waals surface area contributed by atoms with Gasteiger partial charge in [-0.15, -0.1) is 13.2 Å². The molecule has 2 saturated heterocycles. The zero-order chi connectivity index (χ0) is 26.5. The van der Waals surface area contributed by atoms with E-state index in [-0.39, 0.29) is 5.92 Å². The number of aryl methyl sites for hydroxylation is 1. The number of aromatic nitrogens is 2. The molecule has 1 saturated carbocycles. The average Bonchev–Trinajstić information content (AvgIpc) is 3.49. The smallest absolute Gasteiger partial charge is 0.406 e. The maximum atomic E-state index is 12.4. The minimum Gasteiger partial charge on any atom is -0.406 e. The van der Waals surface area contributed by atoms with E-state index in [1.54, 1.807) is 19.9 Å². The van der Waals surface area contributed by atoms with Crippen LogP contribution in [0.25, 0.3) is 5.70 Å². The van der Waals surface area contributed by atoms with Crippen LogP contribution < -0.4 is 0 Å². The molecule has 3 fully saturated rings. The van der Waals surface area contributed by atoms with E-state index in [9.17, 15) is 18.0 Å². The highest BCUT2D eigenvalue weighted by Crippen LogP contribution is 2.43. The monoisotopic (exact) mass is 508 g/mol. The predicted molar refractivity (Wildman–Crippen MR) is 136 cm³/mol. The van der Waals surface area contributed by atoms with E-state index in [1.807, 2.05) is 0 Å². The third kappa shape index (κ3) is 7.56. The number of piperidine rings is 1. The molecule has 4 rings (SSSR count). The van der Waals surface area contributed by atoms with E-state index < -0.39 is 12.1 Å². The van der Waals surface area contributed by atoms with Gasteiger partial charge in [-0.05, 0) is 84.6 Å². The topological polar surface area (TPSA) is 50.6 Å². The van der Waals surface area contributed by atoms with Gasteiger partial charge in [0.05, 0.1) is 22.6 Å². The maximum absolute atomic E-state index is 12.4. The Kier molecular flexibility index (Phi) is 9.58. The van der Waals surface area contributed by atoms with Crippen LogP contribution in [0.4, 0.5) is 13.2 Å². The number of aldehydes is 1. The van der Waals surface area contributed by atoms with Gasteiger partial charge < -0.3 is 14.5 Å². The van der Waals surface area contributed by atoms with Crippen molar-refractivity contribution in [3.05, 3.63) is 47.5 Å². The van der Waals surface area contributed by atoms with Crippen LogP contribution in [-0.2, 0) is 4.74 Å². The van der Waals surface area contributed by atoms with Gasteiger partial charge in [0, 0.05) is 24.6 Å². The summed E-state index contributed by atoms with van der Waals surface area (Å²) >= 11 is 0. The zero-order valence-corrected chi connectivity index (χ0v) is 21.9. The van der Waals surface area contributed by atoms with Crippen molar-refractivity contribution in [2.24, 2.45) is 5.92 Å². The molecule has 200 valence electrons. The Labute approximate surface area is 212 Å². The third-order valence-corrected chi connectivity index (χ3v) is 7.15. The van der Waals surface area contributed by atoms with E-state index in [2.05, 4.69) is 40.2 Å². The molecule has 6 nitrogen and oxygen atoms in total. The summed E-state index contributed by atoms with van der Waals surface area (Å²) in [6.45, 7) is 14.4. The number of likely N-dealkylation sites (tertiary alicyclic amines) is 2. The lowest BCUT2D eigenvalue weighted by Crippen LogP contribution is -2.42. The fraction of sp³-hybridized carbons (Fsp3) is 0.630. The molecule has 2 aliphatic heterocycles. The minimum atomic E-state index is -4.80. The standard InChI is InChI=1S/C16H17F3N2O2.C11H22N2/c1-4-12(8-13(5-2)23-16(17,18)19)21-15(11-6-7-11)14(9-22)10(3)20-21;1-10-3-8-13(9-10)11-4-6-12(2)7-5-11/h4-5,8-9,11H,2,6-7H2,1,3H3;10-11H,3-9H2,1-2H3/b12-4+,13-8+;. The summed E-state index contributed by atoms with van der Waals surface area (Å²) in [6.07, 6.45) is 5.80. The van der Waals surface area contributed by atoms with Crippen LogP contribution in [0.3, 0.4) is 0 Å². The fourth-order valence-corrected chi connectivity index (χ4v) is 4.99. The summed E-state index contributed by atoms with van der Waals surface area (Å²) in [6, 6.07) is 0.904. The highest BCUT2D eigenvalue weighted by atomic mass is 19.4. The number of hydrogen-bond donors (Lipinski definition) is 0. The Bertz CT molecular complexity index is 970. The lowest BCUT2D eigenvalue weighted by molar-refractivity contribution is -0.303. The van der Waals surface area contributed by atoms with Crippen LogP contribution in [0.2, 0.25) is 0 Å². The predicted octanol–water partition coefficient (Wildman–Crippen LogP) is 5.77. The molecule has 3 heterocycles. The van der Waals surface area contributed by atoms with Crippen molar-refractivity contribution >= 4 is 12.0 Å². The fourth-order valence-electron chi connectivity index (χ4n) is 4.99. The summed E-state index contributed by atoms with van der Waals surface area (Å²) in [5, 5.41) is 4.30. The van der Waals surface area contributed by atoms with Crippen LogP contribution in [0.1, 0.15) is 73.6 Å². The van der Waals surface area contributed by atoms with E-state index >= 15 is 0 Å². The molecule has 9 heteroatoms. The number of allylic oxidation sites excluding steroid dienone is 4. The van der Waals surface area contributed by atoms with Gasteiger partial charge in [0.25, 0.3) is 0 Å². The molecular formula is C27H39F3N4O2. The van der Waals surface area contributed by atoms with E-state index in [0.717, 1.165) is 42.9 Å². The van der Waals surface area contributed by atoms with Gasteiger partial charge in [-0.1, -0.05) is 19.6 Å². The number of alkyl halides is 3. The minimum absolute atomic E-state index is 0.204. The molecule has 1 aromatic heterocycles. The lowest BCUT2D eigenvalue weighted by Gasteiger charge is -2.35. The molecule has 0 aromatic carbocycles. The first kappa shape index (κ1) is 28.2. The number of carbonyl (C=O) groups is 1. The van der Waals surface area contributed by atoms with Crippen molar-refractivity contribution in [2.75, 3.05) is 33.2 Å². The molecule has 3 aliphatic rings. The Morgan fingerprint density at radius 1 is 1.14 bits per heavy atom. The molecule has 0 bridgehead atoms. The molecule has 1 atom stereocenters. The van der Waals surface area contributed by atoms with Crippen molar-refractivity contribution in [2.45, 2.75) is 71.2 Å². The van der Waals surface area contributed by atoms with Crippen LogP contribution in [-0.4, -0.2) is 71.5 Å². The van der Waals surface area contributed by atoms with Gasteiger partial charge in [0.1, 0.15) is 5.76 Å². The van der Waals surface area contributed by atoms with Crippen LogP contribution in [0.5, 0.6) is 0 Å². The van der Waals surface area contributed by atoms with Gasteiger partial charge in [-0.3, -0.25) is 4.79 Å². The van der Waals surface area contributed by atoms with Crippen LogP contribution >= 0.6 is 0 Å². The van der Waals surface area contributed by atoms with Gasteiger partial charge in [0.2, 0.25) is 0 Å². The quantitative estimate of drug-likeness (QED) is 0.266. The van der Waals surface area contributed by atoms with Crippen LogP contribution in [0.15, 0.2) is 30.6 Å². The highest BCUT2D eigenvalue weighted by Gasteiger charge is 2.34. The number of hydrogen-bond acceptors (Lipinski definition) is 5. The van der Waals surface area contributed by atoms with Gasteiger partial charge in [0.15, 0.2) is 6.29 Å². The summed E-state index contributed by atoms with van der Waals surface area (Å²) in [7, 11) is 2.24. The van der Waals surface area contributed by atoms with Crippen LogP contribution in [0, 0.1) is 12.8 Å². The largest absolute Gasteiger partial charge is 0.573 e. The van der Waals surface area contributed by atoms with Crippen molar-refractivity contribution in [1.82, 2.24) is 19.6 Å². The second kappa shape index (κ2) is 12.2. The second-order valence-corrected chi connectivity index (χ2v) is 10.1. The highest BCUT2D eigenvalue weighted by molar-refractivity contribution is 5.80. The first-order valence-corrected chi connectivity index (χ1v) is 12.8. The Balaban J connectivity index is 0.000000233. The second-order valence-electron chi connectivity index (χ2n) is 10.1. The summed E-state index contributed by atoms with van der Waals surface area (Å²) < 4.78 is 42.6. The number of carbonyl (C=O) groups excluding carboxylic acids is 1. The Morgan fingerprint density at radius 2 is 1.81 bits per heavy atom. The summed E-state index contributed by atoms with van der Waals surface area (Å²) in [4.78, 5) is 16.5. The maximum Gasteiger partial charge on any atom is 0.573 e. The van der Waals surface area contributed by atoms with E-state index in [4.69, 9.17) is 0 Å². The molecule has 36 heavy (non-hydrogen) atoms. The molecule has 0 radical (unpaired) electrons. The molecule has 0 N–H and O–H groups in total. The third-order valence-electron chi connectivity index (χ3n) is 7.15. The van der Waals surface area contributed by atoms with Crippen molar-refractivity contribution in [3.8, 4) is 0 Å². The van der Waals surface area contributed by atoms with Crippen molar-refractivity contribution in [3.63, 3.8) is 0 Å². The van der Waals surface area contributed by atoms with E-state index in [1.165, 1.54) is 56.2 Å². The first-order chi connectivity index (χ1) is 17.1. The number of rotatable bonds is 7. The SMILES string of the molecule is C=C/C(=C\C(=C/C)n1nc(C)c(C=O)c1C1CC1)OC(F)(F)F.CC1CCN(C2CCN(C)CC2)C1. The number of halogens is 3. The Hall–Kier alpha value is -2.39. The molecule has 0 amide bonds. The summed E-state index contributed by atoms with van der Waals surface area (Å²) in [5.74, 6) is 0.711. The summed E-state index contributed by atoms with van der Waals surface area (Å²) in [5.41, 5.74) is 2.17. The molecular weight excluding hydrogens is 469 g/mol. The first-order valence-electron chi connectivity index (χ1n) is 12.8. The average molecular weight is 509 g/mol. The normalized spacial score (nSPS) is 22.8. The van der Waals surface area contributed by atoms with Gasteiger partial charge in [-0.25, -0.2) is 4.68 Å². The molecule has 1 aliphatic carbocycles. The van der Waals surface area contributed by atoms with E-state index in [0.29, 0.717) is 17.0 Å². The molecule has 1 aromatic rings. The number of nitrogens with zero attached hydrogens (tertiary/aromatic N) is 4. The molecule has 1 unspecified atom stereocenters. The van der Waals surface area contributed by atoms with Gasteiger partial charge >= 0.3 is 6.36 Å². The van der Waals surface area contributed by atoms with Crippen molar-refractivity contribution < 1.29 is 22.7 Å². The lowest BCUT2D eigenvalue weighted by atomic mass is 10.0. The number of ether oxygens (including phenoxy) is 1. The van der Waals surface area contributed by atoms with Gasteiger partial charge in [-0.2, -0.15) is 5.10 Å². The van der Waals surface area contributed by atoms with Crippen molar-refractivity contribution in [1.29, 1.82) is 0 Å². The Morgan fingerprint density at radius 3 is 2.28 bits per heavy atom.